The van der Waals surface area contributed by atoms with Gasteiger partial charge in [-0.2, -0.15) is 0 Å². The highest BCUT2D eigenvalue weighted by atomic mass is 79.9. The van der Waals surface area contributed by atoms with Crippen LogP contribution in [-0.2, 0) is 11.2 Å². The number of halogens is 1. The van der Waals surface area contributed by atoms with Gasteiger partial charge in [0.25, 0.3) is 0 Å². The Morgan fingerprint density at radius 3 is 2.88 bits per heavy atom. The van der Waals surface area contributed by atoms with Crippen molar-refractivity contribution in [3.8, 4) is 0 Å². The van der Waals surface area contributed by atoms with Crippen molar-refractivity contribution in [3.05, 3.63) is 51.5 Å². The Morgan fingerprint density at radius 2 is 2.00 bits per heavy atom. The van der Waals surface area contributed by atoms with Crippen molar-refractivity contribution in [2.75, 3.05) is 0 Å². The zero-order chi connectivity index (χ0) is 11.1. The van der Waals surface area contributed by atoms with Crippen LogP contribution in [0.2, 0.25) is 0 Å². The minimum absolute atomic E-state index is 0.235. The summed E-state index contributed by atoms with van der Waals surface area (Å²) in [5.74, 6) is 0.235. The third kappa shape index (κ3) is 1.57. The van der Waals surface area contributed by atoms with Crippen molar-refractivity contribution < 1.29 is 4.79 Å². The number of carbonyl (C=O) groups is 1. The van der Waals surface area contributed by atoms with E-state index >= 15 is 0 Å². The van der Waals surface area contributed by atoms with Crippen molar-refractivity contribution in [3.63, 3.8) is 0 Å². The second-order valence-corrected chi connectivity index (χ2v) is 5.21. The number of ketones is 1. The Balaban J connectivity index is 2.15. The number of allylic oxidation sites excluding steroid dienone is 4. The number of aryl methyl sites for hydroxylation is 1. The van der Waals surface area contributed by atoms with Crippen molar-refractivity contribution in [1.29, 1.82) is 0 Å². The first kappa shape index (κ1) is 10.0. The summed E-state index contributed by atoms with van der Waals surface area (Å²) in [5.41, 5.74) is 5.26. The van der Waals surface area contributed by atoms with Gasteiger partial charge in [0.05, 0.1) is 0 Å². The van der Waals surface area contributed by atoms with Crippen molar-refractivity contribution in [1.82, 2.24) is 0 Å². The second-order valence-electron chi connectivity index (χ2n) is 4.30. The van der Waals surface area contributed by atoms with E-state index in [0.717, 1.165) is 17.3 Å². The Bertz CT molecular complexity index is 538. The summed E-state index contributed by atoms with van der Waals surface area (Å²) in [4.78, 5) is 11.4. The van der Waals surface area contributed by atoms with Gasteiger partial charge in [0, 0.05) is 10.9 Å². The quantitative estimate of drug-likeness (QED) is 0.706. The molecule has 0 spiro atoms. The average molecular weight is 275 g/mol. The third-order valence-corrected chi connectivity index (χ3v) is 3.75. The lowest BCUT2D eigenvalue weighted by molar-refractivity contribution is -0.114. The van der Waals surface area contributed by atoms with Crippen LogP contribution in [0.5, 0.6) is 0 Å². The first-order valence-corrected chi connectivity index (χ1v) is 6.25. The summed E-state index contributed by atoms with van der Waals surface area (Å²) in [6.45, 7) is 0. The second kappa shape index (κ2) is 3.70. The van der Waals surface area contributed by atoms with Crippen LogP contribution in [0.1, 0.15) is 24.0 Å². The summed E-state index contributed by atoms with van der Waals surface area (Å²) < 4.78 is 1.13. The summed E-state index contributed by atoms with van der Waals surface area (Å²) in [5, 5.41) is 0. The SMILES string of the molecule is O=C1C=CC2=C(CCc3cc(Br)ccc32)C1. The van der Waals surface area contributed by atoms with Crippen molar-refractivity contribution in [2.24, 2.45) is 0 Å². The molecule has 0 amide bonds. The van der Waals surface area contributed by atoms with Gasteiger partial charge < -0.3 is 0 Å². The van der Waals surface area contributed by atoms with E-state index in [2.05, 4.69) is 34.1 Å². The van der Waals surface area contributed by atoms with Gasteiger partial charge in [-0.25, -0.2) is 0 Å². The molecule has 3 rings (SSSR count). The third-order valence-electron chi connectivity index (χ3n) is 3.26. The van der Waals surface area contributed by atoms with Crippen molar-refractivity contribution >= 4 is 27.3 Å². The van der Waals surface area contributed by atoms with Gasteiger partial charge in [0.1, 0.15) is 0 Å². The van der Waals surface area contributed by atoms with E-state index in [9.17, 15) is 4.79 Å². The van der Waals surface area contributed by atoms with Crippen LogP contribution in [0.3, 0.4) is 0 Å². The molecule has 1 aromatic carbocycles. The van der Waals surface area contributed by atoms with E-state index in [1.807, 2.05) is 6.08 Å². The van der Waals surface area contributed by atoms with Crippen LogP contribution in [-0.4, -0.2) is 5.78 Å². The fraction of sp³-hybridized carbons (Fsp3) is 0.214. The molecule has 1 aromatic rings. The van der Waals surface area contributed by atoms with Crippen LogP contribution in [0.4, 0.5) is 0 Å². The molecule has 1 nitrogen and oxygen atoms in total. The molecule has 2 heteroatoms. The molecule has 80 valence electrons. The Kier molecular flexibility index (Phi) is 2.32. The van der Waals surface area contributed by atoms with E-state index in [-0.39, 0.29) is 5.78 Å². The van der Waals surface area contributed by atoms with Gasteiger partial charge in [-0.1, -0.05) is 33.6 Å². The molecule has 0 saturated heterocycles. The number of hydrogen-bond acceptors (Lipinski definition) is 1. The molecule has 16 heavy (non-hydrogen) atoms. The number of hydrogen-bond donors (Lipinski definition) is 0. The van der Waals surface area contributed by atoms with E-state index in [0.29, 0.717) is 6.42 Å². The van der Waals surface area contributed by atoms with Gasteiger partial charge in [0.2, 0.25) is 0 Å². The van der Waals surface area contributed by atoms with Gasteiger partial charge in [-0.05, 0) is 47.8 Å². The average Bonchev–Trinajstić information content (AvgIpc) is 2.28. The van der Waals surface area contributed by atoms with E-state index in [1.54, 1.807) is 6.08 Å². The fourth-order valence-electron chi connectivity index (χ4n) is 2.48. The molecule has 0 radical (unpaired) electrons. The van der Waals surface area contributed by atoms with Crippen LogP contribution < -0.4 is 0 Å². The number of benzene rings is 1. The fourth-order valence-corrected chi connectivity index (χ4v) is 2.89. The highest BCUT2D eigenvalue weighted by Crippen LogP contribution is 2.36. The smallest absolute Gasteiger partial charge is 0.159 e. The molecular formula is C14H11BrO. The maximum atomic E-state index is 11.4. The van der Waals surface area contributed by atoms with Crippen LogP contribution in [0.25, 0.3) is 5.57 Å². The minimum Gasteiger partial charge on any atom is -0.294 e. The molecule has 2 aliphatic carbocycles. The largest absolute Gasteiger partial charge is 0.294 e. The highest BCUT2D eigenvalue weighted by molar-refractivity contribution is 9.10. The van der Waals surface area contributed by atoms with Gasteiger partial charge in [0.15, 0.2) is 5.78 Å². The summed E-state index contributed by atoms with van der Waals surface area (Å²) >= 11 is 3.50. The molecular weight excluding hydrogens is 264 g/mol. The van der Waals surface area contributed by atoms with E-state index in [4.69, 9.17) is 0 Å². The Morgan fingerprint density at radius 1 is 1.12 bits per heavy atom. The molecule has 2 aliphatic rings. The normalized spacial score (nSPS) is 18.4. The Labute approximate surface area is 103 Å². The predicted octanol–water partition coefficient (Wildman–Crippen LogP) is 3.68. The van der Waals surface area contributed by atoms with Crippen molar-refractivity contribution in [2.45, 2.75) is 19.3 Å². The van der Waals surface area contributed by atoms with Crippen LogP contribution in [0, 0.1) is 0 Å². The molecule has 0 bridgehead atoms. The standard InChI is InChI=1S/C14H11BrO/c15-11-3-5-13-9(7-11)1-2-10-8-12(16)4-6-14(10)13/h3-7H,1-2,8H2. The molecule has 0 heterocycles. The molecule has 0 aromatic heterocycles. The van der Waals surface area contributed by atoms with Gasteiger partial charge in [-0.15, -0.1) is 0 Å². The predicted molar refractivity (Wildman–Crippen MR) is 68.1 cm³/mol. The van der Waals surface area contributed by atoms with Gasteiger partial charge >= 0.3 is 0 Å². The lowest BCUT2D eigenvalue weighted by Crippen LogP contribution is -2.10. The van der Waals surface area contributed by atoms with Gasteiger partial charge in [-0.3, -0.25) is 4.79 Å². The van der Waals surface area contributed by atoms with E-state index in [1.165, 1.54) is 22.3 Å². The lowest BCUT2D eigenvalue weighted by atomic mass is 9.81. The first-order chi connectivity index (χ1) is 7.74. The zero-order valence-corrected chi connectivity index (χ0v) is 10.4. The molecule has 0 unspecified atom stereocenters. The summed E-state index contributed by atoms with van der Waals surface area (Å²) in [6.07, 6.45) is 6.37. The lowest BCUT2D eigenvalue weighted by Gasteiger charge is -2.23. The maximum Gasteiger partial charge on any atom is 0.159 e. The van der Waals surface area contributed by atoms with Crippen LogP contribution in [0.15, 0.2) is 40.4 Å². The Hall–Kier alpha value is -1.15. The highest BCUT2D eigenvalue weighted by Gasteiger charge is 2.21. The minimum atomic E-state index is 0.235. The van der Waals surface area contributed by atoms with E-state index < -0.39 is 0 Å². The summed E-state index contributed by atoms with van der Waals surface area (Å²) in [6, 6.07) is 6.40. The topological polar surface area (TPSA) is 17.1 Å². The zero-order valence-electron chi connectivity index (χ0n) is 8.79. The molecule has 0 saturated carbocycles. The number of carbonyl (C=O) groups excluding carboxylic acids is 1. The summed E-state index contributed by atoms with van der Waals surface area (Å²) in [7, 11) is 0. The number of fused-ring (bicyclic) bond motifs is 2. The van der Waals surface area contributed by atoms with Crippen LogP contribution >= 0.6 is 15.9 Å². The molecule has 0 N–H and O–H groups in total. The molecule has 0 atom stereocenters. The molecule has 0 aliphatic heterocycles. The maximum absolute atomic E-state index is 11.4. The first-order valence-electron chi connectivity index (χ1n) is 5.46. The molecule has 0 fully saturated rings. The number of rotatable bonds is 0. The monoisotopic (exact) mass is 274 g/mol.